The van der Waals surface area contributed by atoms with Gasteiger partial charge in [-0.15, -0.1) is 0 Å². The second kappa shape index (κ2) is 9.00. The fourth-order valence-electron chi connectivity index (χ4n) is 3.73. The third-order valence-corrected chi connectivity index (χ3v) is 5.73. The molecule has 1 heterocycles. The maximum atomic E-state index is 13.6. The number of carbonyl (C=O) groups excluding carboxylic acids is 2. The second-order valence-corrected chi connectivity index (χ2v) is 8.12. The maximum absolute atomic E-state index is 13.6. The van der Waals surface area contributed by atoms with E-state index in [1.807, 2.05) is 38.1 Å². The van der Waals surface area contributed by atoms with Crippen LogP contribution in [0.25, 0.3) is 5.57 Å². The number of carbonyl (C=O) groups is 2. The van der Waals surface area contributed by atoms with E-state index in [1.165, 1.54) is 14.2 Å². The molecule has 3 aromatic carbocycles. The van der Waals surface area contributed by atoms with E-state index in [4.69, 9.17) is 21.1 Å². The number of aryl methyl sites for hydroxylation is 2. The zero-order valence-corrected chi connectivity index (χ0v) is 19.5. The Balaban J connectivity index is 1.83. The smallest absolute Gasteiger partial charge is 0.282 e. The van der Waals surface area contributed by atoms with Gasteiger partial charge in [0.25, 0.3) is 11.8 Å². The highest BCUT2D eigenvalue weighted by Crippen LogP contribution is 2.38. The van der Waals surface area contributed by atoms with Gasteiger partial charge in [-0.25, -0.2) is 4.90 Å². The minimum absolute atomic E-state index is 0.198. The van der Waals surface area contributed by atoms with E-state index < -0.39 is 11.8 Å². The van der Waals surface area contributed by atoms with Crippen LogP contribution < -0.4 is 19.7 Å². The first-order valence-electron chi connectivity index (χ1n) is 10.3. The van der Waals surface area contributed by atoms with E-state index in [0.29, 0.717) is 39.0 Å². The second-order valence-electron chi connectivity index (χ2n) is 7.69. The summed E-state index contributed by atoms with van der Waals surface area (Å²) in [4.78, 5) is 28.3. The van der Waals surface area contributed by atoms with E-state index >= 15 is 0 Å². The van der Waals surface area contributed by atoms with Crippen molar-refractivity contribution in [2.45, 2.75) is 13.8 Å². The average Bonchev–Trinajstić information content (AvgIpc) is 3.05. The highest BCUT2D eigenvalue weighted by Gasteiger charge is 2.40. The van der Waals surface area contributed by atoms with Gasteiger partial charge in [-0.3, -0.25) is 9.59 Å². The Morgan fingerprint density at radius 1 is 0.818 bits per heavy atom. The first-order valence-corrected chi connectivity index (χ1v) is 10.7. The van der Waals surface area contributed by atoms with Crippen molar-refractivity contribution in [3.8, 4) is 11.5 Å². The summed E-state index contributed by atoms with van der Waals surface area (Å²) in [7, 11) is 3.03. The molecular weight excluding hydrogens is 440 g/mol. The predicted octanol–water partition coefficient (Wildman–Crippen LogP) is 5.37. The normalized spacial score (nSPS) is 13.5. The van der Waals surface area contributed by atoms with Crippen LogP contribution in [0.15, 0.2) is 66.4 Å². The van der Waals surface area contributed by atoms with Gasteiger partial charge in [0.15, 0.2) is 11.5 Å². The summed E-state index contributed by atoms with van der Waals surface area (Å²) < 4.78 is 10.7. The number of anilines is 2. The van der Waals surface area contributed by atoms with Crippen LogP contribution in [0.5, 0.6) is 11.5 Å². The van der Waals surface area contributed by atoms with Crippen LogP contribution in [-0.2, 0) is 9.59 Å². The molecule has 168 valence electrons. The molecule has 0 saturated heterocycles. The molecule has 3 aromatic rings. The van der Waals surface area contributed by atoms with Gasteiger partial charge < -0.3 is 14.8 Å². The van der Waals surface area contributed by atoms with Gasteiger partial charge in [-0.2, -0.15) is 0 Å². The Hall–Kier alpha value is -3.77. The molecule has 4 rings (SSSR count). The number of benzene rings is 3. The van der Waals surface area contributed by atoms with Gasteiger partial charge in [0.1, 0.15) is 5.70 Å². The number of ether oxygens (including phenoxy) is 2. The maximum Gasteiger partial charge on any atom is 0.282 e. The van der Waals surface area contributed by atoms with E-state index in [1.54, 1.807) is 36.4 Å². The Morgan fingerprint density at radius 3 is 2.15 bits per heavy atom. The molecule has 1 aliphatic heterocycles. The van der Waals surface area contributed by atoms with Crippen LogP contribution in [-0.4, -0.2) is 26.0 Å². The Morgan fingerprint density at radius 2 is 1.52 bits per heavy atom. The third kappa shape index (κ3) is 4.17. The number of hydrogen-bond acceptors (Lipinski definition) is 5. The lowest BCUT2D eigenvalue weighted by molar-refractivity contribution is -0.120. The number of methoxy groups -OCH3 is 2. The molecule has 0 aliphatic carbocycles. The minimum atomic E-state index is -0.461. The van der Waals surface area contributed by atoms with Crippen molar-refractivity contribution in [2.24, 2.45) is 0 Å². The standard InChI is InChI=1S/C26H23ClN2O4/c1-15-5-7-17(8-6-15)23-24(28-20-11-9-18(27)13-16(20)2)26(31)29(25(23)30)19-10-12-21(32-3)22(14-19)33-4/h5-14,28H,1-4H3. The summed E-state index contributed by atoms with van der Waals surface area (Å²) in [6.45, 7) is 3.85. The molecule has 1 aliphatic rings. The van der Waals surface area contributed by atoms with Crippen LogP contribution in [0.1, 0.15) is 16.7 Å². The van der Waals surface area contributed by atoms with Crippen molar-refractivity contribution in [1.29, 1.82) is 0 Å². The number of hydrogen-bond donors (Lipinski definition) is 1. The lowest BCUT2D eigenvalue weighted by Crippen LogP contribution is -2.32. The largest absolute Gasteiger partial charge is 0.493 e. The van der Waals surface area contributed by atoms with Crippen molar-refractivity contribution < 1.29 is 19.1 Å². The molecule has 0 bridgehead atoms. The number of nitrogens with one attached hydrogen (secondary N) is 1. The summed E-state index contributed by atoms with van der Waals surface area (Å²) in [6.07, 6.45) is 0. The SMILES string of the molecule is COc1ccc(N2C(=O)C(Nc3ccc(Cl)cc3C)=C(c3ccc(C)cc3)C2=O)cc1OC. The van der Waals surface area contributed by atoms with Crippen molar-refractivity contribution in [3.63, 3.8) is 0 Å². The Labute approximate surface area is 197 Å². The number of amides is 2. The number of nitrogens with zero attached hydrogens (tertiary/aromatic N) is 1. The molecule has 33 heavy (non-hydrogen) atoms. The molecule has 1 N–H and O–H groups in total. The third-order valence-electron chi connectivity index (χ3n) is 5.50. The van der Waals surface area contributed by atoms with Gasteiger partial charge in [-0.1, -0.05) is 41.4 Å². The van der Waals surface area contributed by atoms with Gasteiger partial charge >= 0.3 is 0 Å². The van der Waals surface area contributed by atoms with Gasteiger partial charge in [0, 0.05) is 16.8 Å². The summed E-state index contributed by atoms with van der Waals surface area (Å²) >= 11 is 6.09. The van der Waals surface area contributed by atoms with Gasteiger partial charge in [-0.05, 0) is 55.3 Å². The van der Waals surface area contributed by atoms with Gasteiger partial charge in [0.05, 0.1) is 25.5 Å². The highest BCUT2D eigenvalue weighted by molar-refractivity contribution is 6.46. The molecule has 2 amide bonds. The first kappa shape index (κ1) is 22.4. The summed E-state index contributed by atoms with van der Waals surface area (Å²) in [5, 5.41) is 3.77. The Kier molecular flexibility index (Phi) is 6.11. The summed E-state index contributed by atoms with van der Waals surface area (Å²) in [5.74, 6) is 0.0342. The van der Waals surface area contributed by atoms with Crippen LogP contribution in [0.3, 0.4) is 0 Å². The van der Waals surface area contributed by atoms with Crippen molar-refractivity contribution in [3.05, 3.63) is 88.1 Å². The minimum Gasteiger partial charge on any atom is -0.493 e. The van der Waals surface area contributed by atoms with Crippen LogP contribution in [0.2, 0.25) is 5.02 Å². The molecule has 0 fully saturated rings. The van der Waals surface area contributed by atoms with Crippen LogP contribution in [0.4, 0.5) is 11.4 Å². The van der Waals surface area contributed by atoms with Gasteiger partial charge in [0.2, 0.25) is 0 Å². The number of halogens is 1. The fourth-order valence-corrected chi connectivity index (χ4v) is 3.96. The van der Waals surface area contributed by atoms with E-state index in [2.05, 4.69) is 5.32 Å². The fraction of sp³-hybridized carbons (Fsp3) is 0.154. The van der Waals surface area contributed by atoms with Crippen LogP contribution >= 0.6 is 11.6 Å². The highest BCUT2D eigenvalue weighted by atomic mass is 35.5. The molecule has 0 unspecified atom stereocenters. The van der Waals surface area contributed by atoms with E-state index in [0.717, 1.165) is 16.0 Å². The van der Waals surface area contributed by atoms with E-state index in [-0.39, 0.29) is 5.70 Å². The summed E-state index contributed by atoms with van der Waals surface area (Å²) in [5.41, 5.74) is 4.12. The lowest BCUT2D eigenvalue weighted by atomic mass is 10.0. The molecule has 0 saturated carbocycles. The number of imide groups is 1. The topological polar surface area (TPSA) is 67.9 Å². The average molecular weight is 463 g/mol. The Bertz CT molecular complexity index is 1280. The molecule has 0 spiro atoms. The summed E-state index contributed by atoms with van der Waals surface area (Å²) in [6, 6.07) is 17.7. The zero-order valence-electron chi connectivity index (χ0n) is 18.7. The zero-order chi connectivity index (χ0) is 23.7. The molecular formula is C26H23ClN2O4. The molecule has 6 nitrogen and oxygen atoms in total. The molecule has 0 radical (unpaired) electrons. The monoisotopic (exact) mass is 462 g/mol. The predicted molar refractivity (Wildman–Crippen MR) is 130 cm³/mol. The quantitative estimate of drug-likeness (QED) is 0.499. The molecule has 0 atom stereocenters. The van der Waals surface area contributed by atoms with Crippen molar-refractivity contribution >= 4 is 40.4 Å². The molecule has 7 heteroatoms. The molecule has 0 aromatic heterocycles. The van der Waals surface area contributed by atoms with E-state index in [9.17, 15) is 9.59 Å². The van der Waals surface area contributed by atoms with Crippen molar-refractivity contribution in [2.75, 3.05) is 24.4 Å². The first-order chi connectivity index (χ1) is 15.8. The number of rotatable bonds is 6. The lowest BCUT2D eigenvalue weighted by Gasteiger charge is -2.17. The van der Waals surface area contributed by atoms with Crippen LogP contribution in [0, 0.1) is 13.8 Å². The van der Waals surface area contributed by atoms with Crippen molar-refractivity contribution in [1.82, 2.24) is 0 Å².